The first-order valence-corrected chi connectivity index (χ1v) is 12.8. The van der Waals surface area contributed by atoms with E-state index in [1.54, 1.807) is 18.2 Å². The van der Waals surface area contributed by atoms with E-state index >= 15 is 0 Å². The number of carboxylic acid groups (broad SMARTS) is 1. The quantitative estimate of drug-likeness (QED) is 0.413. The summed E-state index contributed by atoms with van der Waals surface area (Å²) in [5.74, 6) is -1.28. The number of nitrogen functional groups attached to an aromatic ring is 1. The lowest BCUT2D eigenvalue weighted by atomic mass is 9.87. The minimum atomic E-state index is -4.01. The number of nitrogens with zero attached hydrogens (tertiary/aromatic N) is 2. The van der Waals surface area contributed by atoms with E-state index < -0.39 is 21.9 Å². The lowest BCUT2D eigenvalue weighted by molar-refractivity contribution is -0.143. The van der Waals surface area contributed by atoms with Gasteiger partial charge < -0.3 is 15.6 Å². The summed E-state index contributed by atoms with van der Waals surface area (Å²) in [5, 5.41) is 9.41. The molecule has 3 aromatic rings. The SMILES string of the molecule is Cc1cccc(C)c1-c1cc(OC2CCCC(C(=O)O)C2)nc(NS(=O)(=O)c2cccc(N)c2)n1. The maximum absolute atomic E-state index is 13.0. The molecule has 1 saturated carbocycles. The van der Waals surface area contributed by atoms with E-state index in [0.29, 0.717) is 30.6 Å². The molecule has 1 aliphatic carbocycles. The van der Waals surface area contributed by atoms with Crippen LogP contribution in [0, 0.1) is 19.8 Å². The second-order valence-electron chi connectivity index (χ2n) is 8.80. The van der Waals surface area contributed by atoms with Gasteiger partial charge in [-0.25, -0.2) is 18.1 Å². The zero-order valence-electron chi connectivity index (χ0n) is 19.6. The number of aryl methyl sites for hydroxylation is 2. The molecule has 0 spiro atoms. The molecule has 0 aliphatic heterocycles. The van der Waals surface area contributed by atoms with Crippen LogP contribution in [0.4, 0.5) is 11.6 Å². The van der Waals surface area contributed by atoms with Gasteiger partial charge in [0.2, 0.25) is 11.8 Å². The molecule has 10 heteroatoms. The van der Waals surface area contributed by atoms with Crippen LogP contribution in [0.15, 0.2) is 53.4 Å². The average Bonchev–Trinajstić information content (AvgIpc) is 2.79. The molecule has 184 valence electrons. The van der Waals surface area contributed by atoms with Crippen LogP contribution < -0.4 is 15.2 Å². The molecule has 1 heterocycles. The number of hydrogen-bond donors (Lipinski definition) is 3. The number of carboxylic acids is 1. The summed E-state index contributed by atoms with van der Waals surface area (Å²) in [6.45, 7) is 3.89. The monoisotopic (exact) mass is 496 g/mol. The van der Waals surface area contributed by atoms with E-state index in [1.807, 2.05) is 32.0 Å². The summed E-state index contributed by atoms with van der Waals surface area (Å²) in [6.07, 6.45) is 2.05. The number of aromatic nitrogens is 2. The number of ether oxygens (including phenoxy) is 1. The highest BCUT2D eigenvalue weighted by atomic mass is 32.2. The molecular weight excluding hydrogens is 468 g/mol. The van der Waals surface area contributed by atoms with Crippen LogP contribution in [0.25, 0.3) is 11.3 Å². The lowest BCUT2D eigenvalue weighted by Crippen LogP contribution is -2.29. The van der Waals surface area contributed by atoms with Crippen LogP contribution in [0.5, 0.6) is 5.88 Å². The van der Waals surface area contributed by atoms with Crippen molar-refractivity contribution in [2.45, 2.75) is 50.5 Å². The van der Waals surface area contributed by atoms with Crippen LogP contribution in [0.2, 0.25) is 0 Å². The van der Waals surface area contributed by atoms with E-state index in [2.05, 4.69) is 14.7 Å². The van der Waals surface area contributed by atoms with Crippen LogP contribution >= 0.6 is 0 Å². The molecule has 1 aliphatic rings. The van der Waals surface area contributed by atoms with E-state index in [4.69, 9.17) is 10.5 Å². The fourth-order valence-electron chi connectivity index (χ4n) is 4.39. The third-order valence-electron chi connectivity index (χ3n) is 6.10. The van der Waals surface area contributed by atoms with Gasteiger partial charge in [-0.1, -0.05) is 24.3 Å². The third kappa shape index (κ3) is 5.71. The molecule has 2 unspecified atom stereocenters. The standard InChI is InChI=1S/C25H28N4O5S/c1-15-6-3-7-16(2)23(15)21-14-22(34-19-10-4-8-17(12-19)24(30)31)28-25(27-21)29-35(32,33)20-11-5-9-18(26)13-20/h3,5-7,9,11,13-14,17,19H,4,8,10,12,26H2,1-2H3,(H,30,31)(H,27,28,29). The zero-order chi connectivity index (χ0) is 25.2. The van der Waals surface area contributed by atoms with Crippen molar-refractivity contribution in [2.24, 2.45) is 5.92 Å². The molecule has 1 fully saturated rings. The number of aliphatic carboxylic acids is 1. The smallest absolute Gasteiger partial charge is 0.306 e. The van der Waals surface area contributed by atoms with Crippen molar-refractivity contribution >= 4 is 27.6 Å². The van der Waals surface area contributed by atoms with Crippen molar-refractivity contribution in [3.8, 4) is 17.1 Å². The average molecular weight is 497 g/mol. The van der Waals surface area contributed by atoms with Crippen molar-refractivity contribution in [1.29, 1.82) is 0 Å². The number of hydrogen-bond acceptors (Lipinski definition) is 7. The van der Waals surface area contributed by atoms with Crippen molar-refractivity contribution in [3.05, 3.63) is 59.7 Å². The number of nitrogens with two attached hydrogens (primary N) is 1. The summed E-state index contributed by atoms with van der Waals surface area (Å²) in [6, 6.07) is 13.4. The van der Waals surface area contributed by atoms with Crippen molar-refractivity contribution in [2.75, 3.05) is 10.5 Å². The molecule has 9 nitrogen and oxygen atoms in total. The lowest BCUT2D eigenvalue weighted by Gasteiger charge is -2.27. The fraction of sp³-hybridized carbons (Fsp3) is 0.320. The van der Waals surface area contributed by atoms with Crippen LogP contribution in [0.1, 0.15) is 36.8 Å². The Hall–Kier alpha value is -3.66. The van der Waals surface area contributed by atoms with Gasteiger partial charge in [0.1, 0.15) is 6.10 Å². The van der Waals surface area contributed by atoms with Gasteiger partial charge >= 0.3 is 5.97 Å². The van der Waals surface area contributed by atoms with Gasteiger partial charge in [-0.15, -0.1) is 0 Å². The summed E-state index contributed by atoms with van der Waals surface area (Å²) in [4.78, 5) is 20.3. The predicted octanol–water partition coefficient (Wildman–Crippen LogP) is 4.17. The van der Waals surface area contributed by atoms with E-state index in [0.717, 1.165) is 23.1 Å². The molecular formula is C25H28N4O5S. The molecule has 4 rings (SSSR count). The predicted molar refractivity (Wildman–Crippen MR) is 133 cm³/mol. The summed E-state index contributed by atoms with van der Waals surface area (Å²) in [5.41, 5.74) is 9.34. The normalized spacial score (nSPS) is 18.1. The second kappa shape index (κ2) is 9.91. The Morgan fingerprint density at radius 3 is 2.49 bits per heavy atom. The Kier molecular flexibility index (Phi) is 6.93. The number of carbonyl (C=O) groups is 1. The maximum Gasteiger partial charge on any atom is 0.306 e. The van der Waals surface area contributed by atoms with Crippen LogP contribution in [0.3, 0.4) is 0 Å². The molecule has 0 radical (unpaired) electrons. The molecule has 0 amide bonds. The highest BCUT2D eigenvalue weighted by Gasteiger charge is 2.29. The van der Waals surface area contributed by atoms with E-state index in [1.165, 1.54) is 12.1 Å². The number of rotatable bonds is 7. The largest absolute Gasteiger partial charge is 0.481 e. The summed E-state index contributed by atoms with van der Waals surface area (Å²) >= 11 is 0. The molecule has 2 aromatic carbocycles. The van der Waals surface area contributed by atoms with Gasteiger partial charge in [0.25, 0.3) is 10.0 Å². The first-order chi connectivity index (χ1) is 16.6. The summed E-state index contributed by atoms with van der Waals surface area (Å²) in [7, 11) is -4.01. The van der Waals surface area contributed by atoms with Crippen molar-refractivity contribution in [3.63, 3.8) is 0 Å². The maximum atomic E-state index is 13.0. The van der Waals surface area contributed by atoms with E-state index in [9.17, 15) is 18.3 Å². The summed E-state index contributed by atoms with van der Waals surface area (Å²) < 4.78 is 34.5. The number of benzene rings is 2. The highest BCUT2D eigenvalue weighted by Crippen LogP contribution is 2.32. The minimum Gasteiger partial charge on any atom is -0.481 e. The molecule has 0 bridgehead atoms. The van der Waals surface area contributed by atoms with Gasteiger partial charge in [-0.05, 0) is 68.9 Å². The second-order valence-corrected chi connectivity index (χ2v) is 10.5. The van der Waals surface area contributed by atoms with Crippen LogP contribution in [-0.2, 0) is 14.8 Å². The molecule has 35 heavy (non-hydrogen) atoms. The molecule has 4 N–H and O–H groups in total. The van der Waals surface area contributed by atoms with Gasteiger partial charge in [0.15, 0.2) is 0 Å². The highest BCUT2D eigenvalue weighted by molar-refractivity contribution is 7.92. The Morgan fingerprint density at radius 1 is 1.09 bits per heavy atom. The first kappa shape index (κ1) is 24.5. The van der Waals surface area contributed by atoms with Crippen molar-refractivity contribution in [1.82, 2.24) is 9.97 Å². The minimum absolute atomic E-state index is 0.0161. The van der Waals surface area contributed by atoms with Gasteiger partial charge in [0, 0.05) is 17.3 Å². The van der Waals surface area contributed by atoms with Gasteiger partial charge in [-0.3, -0.25) is 4.79 Å². The Morgan fingerprint density at radius 2 is 1.80 bits per heavy atom. The Bertz CT molecular complexity index is 1340. The first-order valence-electron chi connectivity index (χ1n) is 11.4. The molecule has 2 atom stereocenters. The van der Waals surface area contributed by atoms with Crippen LogP contribution in [-0.4, -0.2) is 35.6 Å². The number of nitrogens with one attached hydrogen (secondary N) is 1. The Balaban J connectivity index is 1.72. The fourth-order valence-corrected chi connectivity index (χ4v) is 5.38. The van der Waals surface area contributed by atoms with Gasteiger partial charge in [-0.2, -0.15) is 4.98 Å². The Labute approximate surface area is 204 Å². The third-order valence-corrected chi connectivity index (χ3v) is 7.42. The topological polar surface area (TPSA) is 144 Å². The van der Waals surface area contributed by atoms with E-state index in [-0.39, 0.29) is 22.8 Å². The number of sulfonamides is 1. The van der Waals surface area contributed by atoms with Gasteiger partial charge in [0.05, 0.1) is 16.5 Å². The zero-order valence-corrected chi connectivity index (χ0v) is 20.4. The molecule has 0 saturated heterocycles. The number of anilines is 2. The van der Waals surface area contributed by atoms with Crippen molar-refractivity contribution < 1.29 is 23.1 Å². The molecule has 1 aromatic heterocycles.